The standard InChI is InChI=1S/C21H34F2O/c1-2-15-3-5-16(6-4-15)17-7-9-18(10-8-17)19-11-13-20(14-12-19)24-21(22)23/h9,15-17,19-21H,2-8,10-14H2,1H3/t15?,16?,17-,19?,20?/m0/s1. The molecule has 0 bridgehead atoms. The predicted molar refractivity (Wildman–Crippen MR) is 94.0 cm³/mol. The van der Waals surface area contributed by atoms with Gasteiger partial charge in [0, 0.05) is 0 Å². The van der Waals surface area contributed by atoms with Gasteiger partial charge in [0.15, 0.2) is 0 Å². The highest BCUT2D eigenvalue weighted by Gasteiger charge is 2.31. The molecule has 1 atom stereocenters. The Hall–Kier alpha value is -0.440. The summed E-state index contributed by atoms with van der Waals surface area (Å²) in [5.74, 6) is 3.49. The fourth-order valence-corrected chi connectivity index (χ4v) is 5.46. The van der Waals surface area contributed by atoms with Crippen molar-refractivity contribution >= 4 is 0 Å². The minimum absolute atomic E-state index is 0.216. The lowest BCUT2D eigenvalue weighted by Gasteiger charge is -2.37. The molecule has 2 fully saturated rings. The Morgan fingerprint density at radius 3 is 2.21 bits per heavy atom. The molecule has 3 aliphatic rings. The van der Waals surface area contributed by atoms with Gasteiger partial charge in [-0.3, -0.25) is 0 Å². The van der Waals surface area contributed by atoms with Crippen LogP contribution in [0.3, 0.4) is 0 Å². The van der Waals surface area contributed by atoms with E-state index >= 15 is 0 Å². The first-order valence-electron chi connectivity index (χ1n) is 10.3. The van der Waals surface area contributed by atoms with Crippen molar-refractivity contribution < 1.29 is 13.5 Å². The lowest BCUT2D eigenvalue weighted by Crippen LogP contribution is -2.27. The highest BCUT2D eigenvalue weighted by molar-refractivity contribution is 5.12. The number of ether oxygens (including phenoxy) is 1. The number of allylic oxidation sites excluding steroid dienone is 2. The van der Waals surface area contributed by atoms with E-state index in [9.17, 15) is 8.78 Å². The first kappa shape index (κ1) is 18.4. The third kappa shape index (κ3) is 4.80. The minimum atomic E-state index is -2.61. The maximum absolute atomic E-state index is 12.3. The van der Waals surface area contributed by atoms with Gasteiger partial charge in [-0.15, -0.1) is 0 Å². The Balaban J connectivity index is 1.43. The van der Waals surface area contributed by atoms with Crippen LogP contribution in [-0.4, -0.2) is 12.7 Å². The Labute approximate surface area is 146 Å². The first-order chi connectivity index (χ1) is 11.7. The van der Waals surface area contributed by atoms with E-state index in [0.717, 1.165) is 43.4 Å². The van der Waals surface area contributed by atoms with Crippen LogP contribution in [-0.2, 0) is 4.74 Å². The lowest BCUT2D eigenvalue weighted by molar-refractivity contribution is -0.170. The molecule has 138 valence electrons. The van der Waals surface area contributed by atoms with Crippen LogP contribution in [0.25, 0.3) is 0 Å². The molecule has 0 heterocycles. The summed E-state index contributed by atoms with van der Waals surface area (Å²) in [7, 11) is 0. The zero-order chi connectivity index (χ0) is 16.9. The zero-order valence-corrected chi connectivity index (χ0v) is 15.2. The second-order valence-corrected chi connectivity index (χ2v) is 8.37. The summed E-state index contributed by atoms with van der Waals surface area (Å²) in [4.78, 5) is 0. The molecule has 0 spiro atoms. The fraction of sp³-hybridized carbons (Fsp3) is 0.905. The molecular formula is C21H34F2O. The van der Waals surface area contributed by atoms with Crippen molar-refractivity contribution in [3.63, 3.8) is 0 Å². The molecule has 0 amide bonds. The van der Waals surface area contributed by atoms with Gasteiger partial charge in [0.2, 0.25) is 0 Å². The maximum atomic E-state index is 12.3. The molecule has 3 heteroatoms. The fourth-order valence-electron chi connectivity index (χ4n) is 5.46. The van der Waals surface area contributed by atoms with Gasteiger partial charge in [0.25, 0.3) is 0 Å². The molecule has 0 aromatic carbocycles. The van der Waals surface area contributed by atoms with E-state index in [2.05, 4.69) is 17.7 Å². The third-order valence-electron chi connectivity index (χ3n) is 7.12. The maximum Gasteiger partial charge on any atom is 0.345 e. The molecule has 2 saturated carbocycles. The summed E-state index contributed by atoms with van der Waals surface area (Å²) < 4.78 is 29.3. The van der Waals surface area contributed by atoms with Crippen molar-refractivity contribution in [1.29, 1.82) is 0 Å². The van der Waals surface area contributed by atoms with Gasteiger partial charge in [-0.2, -0.15) is 8.78 Å². The molecular weight excluding hydrogens is 306 g/mol. The Morgan fingerprint density at radius 1 is 0.958 bits per heavy atom. The smallest absolute Gasteiger partial charge is 0.320 e. The number of hydrogen-bond donors (Lipinski definition) is 0. The van der Waals surface area contributed by atoms with E-state index in [1.807, 2.05) is 0 Å². The summed E-state index contributed by atoms with van der Waals surface area (Å²) in [5.41, 5.74) is 1.63. The highest BCUT2D eigenvalue weighted by Crippen LogP contribution is 2.43. The van der Waals surface area contributed by atoms with Gasteiger partial charge >= 0.3 is 6.61 Å². The van der Waals surface area contributed by atoms with Gasteiger partial charge in [-0.25, -0.2) is 0 Å². The zero-order valence-electron chi connectivity index (χ0n) is 15.2. The molecule has 0 aromatic heterocycles. The van der Waals surface area contributed by atoms with Crippen LogP contribution in [0.1, 0.15) is 84.0 Å². The van der Waals surface area contributed by atoms with Crippen molar-refractivity contribution in [3.05, 3.63) is 11.6 Å². The number of rotatable bonds is 5. The largest absolute Gasteiger partial charge is 0.345 e. The number of halogens is 2. The van der Waals surface area contributed by atoms with Gasteiger partial charge < -0.3 is 4.74 Å². The van der Waals surface area contributed by atoms with Crippen LogP contribution in [0.4, 0.5) is 8.78 Å². The molecule has 0 aromatic rings. The van der Waals surface area contributed by atoms with Crippen LogP contribution < -0.4 is 0 Å². The summed E-state index contributed by atoms with van der Waals surface area (Å²) in [6.07, 6.45) is 17.0. The van der Waals surface area contributed by atoms with Crippen molar-refractivity contribution in [3.8, 4) is 0 Å². The summed E-state index contributed by atoms with van der Waals surface area (Å²) in [6, 6.07) is 0. The Bertz CT molecular complexity index is 404. The molecule has 0 saturated heterocycles. The monoisotopic (exact) mass is 340 g/mol. The van der Waals surface area contributed by atoms with E-state index in [1.54, 1.807) is 5.57 Å². The van der Waals surface area contributed by atoms with Crippen LogP contribution in [0, 0.1) is 23.7 Å². The average Bonchev–Trinajstić information content (AvgIpc) is 2.62. The SMILES string of the molecule is CCC1CCC([C@H]2CC=C(C3CCC(OC(F)F)CC3)CC2)CC1. The lowest BCUT2D eigenvalue weighted by atomic mass is 9.69. The molecule has 24 heavy (non-hydrogen) atoms. The summed E-state index contributed by atoms with van der Waals surface area (Å²) in [5, 5.41) is 0. The topological polar surface area (TPSA) is 9.23 Å². The van der Waals surface area contributed by atoms with Crippen LogP contribution in [0.2, 0.25) is 0 Å². The normalized spacial score (nSPS) is 38.2. The van der Waals surface area contributed by atoms with Gasteiger partial charge in [0.05, 0.1) is 6.10 Å². The molecule has 0 N–H and O–H groups in total. The molecule has 0 aliphatic heterocycles. The minimum Gasteiger partial charge on any atom is -0.320 e. The molecule has 0 unspecified atom stereocenters. The van der Waals surface area contributed by atoms with E-state index in [4.69, 9.17) is 0 Å². The third-order valence-corrected chi connectivity index (χ3v) is 7.12. The van der Waals surface area contributed by atoms with Crippen LogP contribution in [0.15, 0.2) is 11.6 Å². The Morgan fingerprint density at radius 2 is 1.67 bits per heavy atom. The van der Waals surface area contributed by atoms with Crippen molar-refractivity contribution in [2.24, 2.45) is 23.7 Å². The molecule has 3 rings (SSSR count). The van der Waals surface area contributed by atoms with E-state index < -0.39 is 6.61 Å². The predicted octanol–water partition coefficient (Wildman–Crippen LogP) is 6.73. The van der Waals surface area contributed by atoms with Gasteiger partial charge in [-0.05, 0) is 81.5 Å². The highest BCUT2D eigenvalue weighted by atomic mass is 19.3. The van der Waals surface area contributed by atoms with Crippen molar-refractivity contribution in [1.82, 2.24) is 0 Å². The van der Waals surface area contributed by atoms with E-state index in [-0.39, 0.29) is 6.10 Å². The quantitative estimate of drug-likeness (QED) is 0.504. The molecule has 1 nitrogen and oxygen atoms in total. The summed E-state index contributed by atoms with van der Waals surface area (Å²) in [6.45, 7) is -0.272. The van der Waals surface area contributed by atoms with Crippen molar-refractivity contribution in [2.75, 3.05) is 0 Å². The van der Waals surface area contributed by atoms with Crippen LogP contribution in [0.5, 0.6) is 0 Å². The second-order valence-electron chi connectivity index (χ2n) is 8.37. The number of hydrogen-bond acceptors (Lipinski definition) is 1. The van der Waals surface area contributed by atoms with E-state index in [0.29, 0.717) is 5.92 Å². The first-order valence-corrected chi connectivity index (χ1v) is 10.3. The number of alkyl halides is 2. The summed E-state index contributed by atoms with van der Waals surface area (Å²) >= 11 is 0. The average molecular weight is 340 g/mol. The second kappa shape index (κ2) is 8.78. The van der Waals surface area contributed by atoms with Gasteiger partial charge in [-0.1, -0.05) is 37.8 Å². The molecule has 3 aliphatic carbocycles. The van der Waals surface area contributed by atoms with Crippen LogP contribution >= 0.6 is 0 Å². The Kier molecular flexibility index (Phi) is 6.71. The van der Waals surface area contributed by atoms with E-state index in [1.165, 1.54) is 51.4 Å². The molecule has 0 radical (unpaired) electrons. The van der Waals surface area contributed by atoms with Crippen molar-refractivity contribution in [2.45, 2.75) is 96.7 Å². The van der Waals surface area contributed by atoms with Gasteiger partial charge in [0.1, 0.15) is 0 Å².